The summed E-state index contributed by atoms with van der Waals surface area (Å²) < 4.78 is 13.2. The van der Waals surface area contributed by atoms with Crippen LogP contribution in [0, 0.1) is 5.82 Å². The first-order valence-electron chi connectivity index (χ1n) is 9.05. The minimum Gasteiger partial charge on any atom is -0.352 e. The summed E-state index contributed by atoms with van der Waals surface area (Å²) in [6.45, 7) is 2.62. The number of nitrogens with one attached hydrogen (secondary N) is 1. The van der Waals surface area contributed by atoms with Crippen LogP contribution in [0.1, 0.15) is 56.9 Å². The number of urea groups is 1. The summed E-state index contributed by atoms with van der Waals surface area (Å²) in [5.74, 6) is -0.0913. The molecule has 3 amide bonds. The molecule has 1 aromatic rings. The standard InChI is InChI=1S/C19H26FN3O2/c1-13-11-15(14-5-7-16(20)8-6-14)12-23(13)17(24)19(22-18(21)25)9-3-2-4-10-19/h5-8,13,15H,2-4,9-12H2,1H3,(H3,21,22,25)/t13-,15-/m0/s1. The molecule has 1 saturated heterocycles. The molecule has 1 aliphatic heterocycles. The number of carbonyl (C=O) groups excluding carboxylic acids is 2. The number of carbonyl (C=O) groups is 2. The Bertz CT molecular complexity index is 641. The minimum absolute atomic E-state index is 0.0249. The van der Waals surface area contributed by atoms with E-state index in [4.69, 9.17) is 5.73 Å². The van der Waals surface area contributed by atoms with Crippen molar-refractivity contribution in [3.63, 3.8) is 0 Å². The number of nitrogens with two attached hydrogens (primary N) is 1. The van der Waals surface area contributed by atoms with Gasteiger partial charge >= 0.3 is 6.03 Å². The second kappa shape index (κ2) is 7.02. The number of hydrogen-bond acceptors (Lipinski definition) is 2. The number of nitrogens with zero attached hydrogens (tertiary/aromatic N) is 1. The molecule has 0 spiro atoms. The van der Waals surface area contributed by atoms with E-state index in [2.05, 4.69) is 5.32 Å². The fraction of sp³-hybridized carbons (Fsp3) is 0.579. The van der Waals surface area contributed by atoms with E-state index in [1.54, 1.807) is 12.1 Å². The molecule has 0 bridgehead atoms. The van der Waals surface area contributed by atoms with E-state index in [0.29, 0.717) is 19.4 Å². The zero-order valence-corrected chi connectivity index (χ0v) is 14.6. The first-order valence-corrected chi connectivity index (χ1v) is 9.05. The predicted octanol–water partition coefficient (Wildman–Crippen LogP) is 2.90. The molecular formula is C19H26FN3O2. The topological polar surface area (TPSA) is 75.4 Å². The Balaban J connectivity index is 1.78. The van der Waals surface area contributed by atoms with Gasteiger partial charge < -0.3 is 16.0 Å². The average molecular weight is 347 g/mol. The second-order valence-corrected chi connectivity index (χ2v) is 7.42. The monoisotopic (exact) mass is 347 g/mol. The number of primary amides is 1. The van der Waals surface area contributed by atoms with Crippen molar-refractivity contribution < 1.29 is 14.0 Å². The lowest BCUT2D eigenvalue weighted by Crippen LogP contribution is -2.62. The fourth-order valence-electron chi connectivity index (χ4n) is 4.35. The molecule has 0 unspecified atom stereocenters. The highest BCUT2D eigenvalue weighted by Crippen LogP contribution is 2.36. The fourth-order valence-corrected chi connectivity index (χ4v) is 4.35. The van der Waals surface area contributed by atoms with Crippen LogP contribution in [0.2, 0.25) is 0 Å². The first kappa shape index (κ1) is 17.7. The Kier molecular flexibility index (Phi) is 4.97. The van der Waals surface area contributed by atoms with Gasteiger partial charge in [0.25, 0.3) is 0 Å². The molecular weight excluding hydrogens is 321 g/mol. The zero-order chi connectivity index (χ0) is 18.0. The van der Waals surface area contributed by atoms with Crippen LogP contribution in [-0.4, -0.2) is 35.0 Å². The Labute approximate surface area is 147 Å². The first-order chi connectivity index (χ1) is 11.9. The summed E-state index contributed by atoms with van der Waals surface area (Å²) in [5.41, 5.74) is 5.54. The Morgan fingerprint density at radius 1 is 1.20 bits per heavy atom. The molecule has 0 radical (unpaired) electrons. The number of amides is 3. The number of hydrogen-bond donors (Lipinski definition) is 2. The molecule has 3 rings (SSSR count). The molecule has 1 heterocycles. The molecule has 2 aliphatic rings. The van der Waals surface area contributed by atoms with Crippen LogP contribution in [0.3, 0.4) is 0 Å². The quantitative estimate of drug-likeness (QED) is 0.882. The number of halogens is 1. The Hall–Kier alpha value is -2.11. The van der Waals surface area contributed by atoms with Gasteiger partial charge in [0, 0.05) is 18.5 Å². The van der Waals surface area contributed by atoms with E-state index >= 15 is 0 Å². The molecule has 2 fully saturated rings. The number of benzene rings is 1. The molecule has 136 valence electrons. The van der Waals surface area contributed by atoms with Crippen LogP contribution in [0.5, 0.6) is 0 Å². The normalized spacial score (nSPS) is 25.6. The third-order valence-corrected chi connectivity index (χ3v) is 5.66. The van der Waals surface area contributed by atoms with Gasteiger partial charge in [0.1, 0.15) is 11.4 Å². The molecule has 6 heteroatoms. The molecule has 1 aromatic carbocycles. The van der Waals surface area contributed by atoms with Crippen LogP contribution in [-0.2, 0) is 4.79 Å². The number of rotatable bonds is 3. The SMILES string of the molecule is C[C@H]1C[C@H](c2ccc(F)cc2)CN1C(=O)C1(NC(N)=O)CCCCC1. The van der Waals surface area contributed by atoms with E-state index in [1.807, 2.05) is 11.8 Å². The van der Waals surface area contributed by atoms with Crippen molar-refractivity contribution in [3.05, 3.63) is 35.6 Å². The van der Waals surface area contributed by atoms with E-state index in [9.17, 15) is 14.0 Å². The Morgan fingerprint density at radius 3 is 2.44 bits per heavy atom. The van der Waals surface area contributed by atoms with Crippen molar-refractivity contribution in [2.75, 3.05) is 6.54 Å². The van der Waals surface area contributed by atoms with Gasteiger partial charge in [-0.05, 0) is 43.9 Å². The third-order valence-electron chi connectivity index (χ3n) is 5.66. The van der Waals surface area contributed by atoms with Gasteiger partial charge in [-0.1, -0.05) is 31.4 Å². The highest BCUT2D eigenvalue weighted by Gasteiger charge is 2.46. The van der Waals surface area contributed by atoms with Crippen molar-refractivity contribution in [2.24, 2.45) is 5.73 Å². The maximum absolute atomic E-state index is 13.3. The van der Waals surface area contributed by atoms with Crippen molar-refractivity contribution in [2.45, 2.75) is 62.9 Å². The van der Waals surface area contributed by atoms with E-state index in [-0.39, 0.29) is 23.7 Å². The number of likely N-dealkylation sites (tertiary alicyclic amines) is 1. The molecule has 1 saturated carbocycles. The largest absolute Gasteiger partial charge is 0.352 e. The highest BCUT2D eigenvalue weighted by atomic mass is 19.1. The van der Waals surface area contributed by atoms with Crippen molar-refractivity contribution in [3.8, 4) is 0 Å². The highest BCUT2D eigenvalue weighted by molar-refractivity contribution is 5.91. The lowest BCUT2D eigenvalue weighted by atomic mass is 9.80. The second-order valence-electron chi connectivity index (χ2n) is 7.42. The lowest BCUT2D eigenvalue weighted by Gasteiger charge is -2.40. The summed E-state index contributed by atoms with van der Waals surface area (Å²) in [5, 5.41) is 2.75. The smallest absolute Gasteiger partial charge is 0.313 e. The van der Waals surface area contributed by atoms with Crippen molar-refractivity contribution in [1.82, 2.24) is 10.2 Å². The molecule has 1 aliphatic carbocycles. The summed E-state index contributed by atoms with van der Waals surface area (Å²) in [6.07, 6.45) is 5.01. The van der Waals surface area contributed by atoms with Gasteiger partial charge in [-0.15, -0.1) is 0 Å². The summed E-state index contributed by atoms with van der Waals surface area (Å²) in [6, 6.07) is 5.94. The van der Waals surface area contributed by atoms with Gasteiger partial charge in [0.2, 0.25) is 5.91 Å². The van der Waals surface area contributed by atoms with Gasteiger partial charge in [0.05, 0.1) is 0 Å². The van der Waals surface area contributed by atoms with Gasteiger partial charge in [0.15, 0.2) is 0 Å². The van der Waals surface area contributed by atoms with E-state index in [0.717, 1.165) is 31.2 Å². The van der Waals surface area contributed by atoms with Crippen LogP contribution in [0.4, 0.5) is 9.18 Å². The zero-order valence-electron chi connectivity index (χ0n) is 14.6. The van der Waals surface area contributed by atoms with Gasteiger partial charge in [-0.25, -0.2) is 9.18 Å². The molecule has 5 nitrogen and oxygen atoms in total. The van der Waals surface area contributed by atoms with Crippen molar-refractivity contribution in [1.29, 1.82) is 0 Å². The van der Waals surface area contributed by atoms with E-state index in [1.165, 1.54) is 12.1 Å². The molecule has 0 aromatic heterocycles. The van der Waals surface area contributed by atoms with Crippen LogP contribution in [0.25, 0.3) is 0 Å². The summed E-state index contributed by atoms with van der Waals surface area (Å²) in [4.78, 5) is 26.7. The summed E-state index contributed by atoms with van der Waals surface area (Å²) >= 11 is 0. The predicted molar refractivity (Wildman–Crippen MR) is 93.5 cm³/mol. The van der Waals surface area contributed by atoms with Crippen LogP contribution >= 0.6 is 0 Å². The lowest BCUT2D eigenvalue weighted by molar-refractivity contribution is -0.140. The maximum Gasteiger partial charge on any atom is 0.313 e. The van der Waals surface area contributed by atoms with E-state index < -0.39 is 11.6 Å². The Morgan fingerprint density at radius 2 is 1.84 bits per heavy atom. The third kappa shape index (κ3) is 3.62. The molecule has 25 heavy (non-hydrogen) atoms. The average Bonchev–Trinajstić information content (AvgIpc) is 2.96. The van der Waals surface area contributed by atoms with Gasteiger partial charge in [-0.2, -0.15) is 0 Å². The van der Waals surface area contributed by atoms with Gasteiger partial charge in [-0.3, -0.25) is 4.79 Å². The minimum atomic E-state index is -0.865. The molecule has 3 N–H and O–H groups in total. The summed E-state index contributed by atoms with van der Waals surface area (Å²) in [7, 11) is 0. The molecule has 2 atom stereocenters. The van der Waals surface area contributed by atoms with Crippen molar-refractivity contribution >= 4 is 11.9 Å². The maximum atomic E-state index is 13.3. The van der Waals surface area contributed by atoms with Crippen LogP contribution < -0.4 is 11.1 Å². The van der Waals surface area contributed by atoms with Crippen LogP contribution in [0.15, 0.2) is 24.3 Å².